The van der Waals surface area contributed by atoms with Gasteiger partial charge >= 0.3 is 169 Å². The molecule has 0 nitrogen and oxygen atoms in total. The van der Waals surface area contributed by atoms with Crippen molar-refractivity contribution < 1.29 is 0 Å². The molecule has 0 N–H and O–H groups in total. The predicted molar refractivity (Wildman–Crippen MR) is 119 cm³/mol. The molecule has 26 heavy (non-hydrogen) atoms. The van der Waals surface area contributed by atoms with E-state index in [4.69, 9.17) is 0 Å². The van der Waals surface area contributed by atoms with Gasteiger partial charge in [0.15, 0.2) is 0 Å². The molecule has 0 saturated heterocycles. The normalized spacial score (nSPS) is 19.5. The molecule has 0 fully saturated rings. The van der Waals surface area contributed by atoms with Crippen LogP contribution >= 0.6 is 0 Å². The SMILES string of the molecule is CC1=CCC([Se]c2c(C(C)(C)C)cc(C(C)(C)C)cc2C(C)(C)C)CC1. The van der Waals surface area contributed by atoms with E-state index in [1.807, 2.05) is 0 Å². The van der Waals surface area contributed by atoms with Crippen molar-refractivity contribution in [3.63, 3.8) is 0 Å². The quantitative estimate of drug-likeness (QED) is 0.364. The molecule has 0 heterocycles. The minimum absolute atomic E-state index is 0.191. The summed E-state index contributed by atoms with van der Waals surface area (Å²) in [7, 11) is 0. The van der Waals surface area contributed by atoms with Gasteiger partial charge in [-0.2, -0.15) is 0 Å². The van der Waals surface area contributed by atoms with E-state index >= 15 is 0 Å². The number of hydrogen-bond acceptors (Lipinski definition) is 0. The summed E-state index contributed by atoms with van der Waals surface area (Å²) >= 11 is 0.541. The zero-order valence-electron chi connectivity index (χ0n) is 18.8. The van der Waals surface area contributed by atoms with Gasteiger partial charge < -0.3 is 0 Å². The summed E-state index contributed by atoms with van der Waals surface area (Å²) in [5.74, 6) is 0. The molecule has 1 heteroatoms. The van der Waals surface area contributed by atoms with Crippen molar-refractivity contribution in [1.82, 2.24) is 0 Å². The molecular formula is C25H40Se. The van der Waals surface area contributed by atoms with Crippen LogP contribution in [0.25, 0.3) is 0 Å². The first-order valence-corrected chi connectivity index (χ1v) is 12.1. The summed E-state index contributed by atoms with van der Waals surface area (Å²) in [6.45, 7) is 23.7. The summed E-state index contributed by atoms with van der Waals surface area (Å²) < 4.78 is 1.70. The van der Waals surface area contributed by atoms with Gasteiger partial charge in [0, 0.05) is 0 Å². The second-order valence-electron chi connectivity index (χ2n) is 11.2. The molecule has 2 rings (SSSR count). The van der Waals surface area contributed by atoms with Gasteiger partial charge in [-0.3, -0.25) is 0 Å². The van der Waals surface area contributed by atoms with Crippen LogP contribution in [0.3, 0.4) is 0 Å². The van der Waals surface area contributed by atoms with Crippen LogP contribution in [-0.2, 0) is 16.2 Å². The summed E-state index contributed by atoms with van der Waals surface area (Å²) in [4.78, 5) is 0.855. The average Bonchev–Trinajstić information content (AvgIpc) is 2.46. The molecule has 1 atom stereocenters. The van der Waals surface area contributed by atoms with Gasteiger partial charge in [0.2, 0.25) is 0 Å². The van der Waals surface area contributed by atoms with Gasteiger partial charge in [-0.05, 0) is 0 Å². The van der Waals surface area contributed by atoms with Crippen LogP contribution in [0, 0.1) is 0 Å². The molecule has 1 aliphatic rings. The molecule has 1 aromatic rings. The van der Waals surface area contributed by atoms with Gasteiger partial charge in [-0.25, -0.2) is 0 Å². The van der Waals surface area contributed by atoms with Crippen molar-refractivity contribution in [2.45, 2.75) is 110 Å². The number of hydrogen-bond donors (Lipinski definition) is 0. The Kier molecular flexibility index (Phi) is 6.26. The second-order valence-corrected chi connectivity index (χ2v) is 14.0. The van der Waals surface area contributed by atoms with Crippen molar-refractivity contribution >= 4 is 19.4 Å². The fourth-order valence-electron chi connectivity index (χ4n) is 3.52. The van der Waals surface area contributed by atoms with E-state index in [9.17, 15) is 0 Å². The minimum atomic E-state index is 0.191. The topological polar surface area (TPSA) is 0 Å². The van der Waals surface area contributed by atoms with E-state index in [2.05, 4.69) is 87.4 Å². The second kappa shape index (κ2) is 7.48. The fourth-order valence-corrected chi connectivity index (χ4v) is 7.18. The fraction of sp³-hybridized carbons (Fsp3) is 0.680. The van der Waals surface area contributed by atoms with Crippen LogP contribution in [-0.4, -0.2) is 15.0 Å². The van der Waals surface area contributed by atoms with E-state index in [-0.39, 0.29) is 16.2 Å². The van der Waals surface area contributed by atoms with E-state index in [1.54, 1.807) is 21.2 Å². The zero-order valence-corrected chi connectivity index (χ0v) is 20.6. The average molecular weight is 420 g/mol. The van der Waals surface area contributed by atoms with Gasteiger partial charge in [0.25, 0.3) is 0 Å². The molecule has 0 saturated carbocycles. The van der Waals surface area contributed by atoms with Crippen LogP contribution in [0.4, 0.5) is 0 Å². The number of allylic oxidation sites excluding steroid dienone is 2. The Balaban J connectivity index is 2.63. The zero-order chi connectivity index (χ0) is 19.9. The summed E-state index contributed by atoms with van der Waals surface area (Å²) in [6.07, 6.45) is 6.44. The van der Waals surface area contributed by atoms with E-state index in [0.717, 1.165) is 4.82 Å². The molecular weight excluding hydrogens is 379 g/mol. The Morgan fingerprint density at radius 1 is 0.808 bits per heavy atom. The van der Waals surface area contributed by atoms with Crippen molar-refractivity contribution in [1.29, 1.82) is 0 Å². The van der Waals surface area contributed by atoms with Gasteiger partial charge in [-0.1, -0.05) is 0 Å². The van der Waals surface area contributed by atoms with E-state index in [0.29, 0.717) is 15.0 Å². The Hall–Kier alpha value is -0.521. The first-order valence-electron chi connectivity index (χ1n) is 10.2. The number of benzene rings is 1. The molecule has 0 radical (unpaired) electrons. The third kappa shape index (κ3) is 5.26. The summed E-state index contributed by atoms with van der Waals surface area (Å²) in [5, 5.41) is 0. The molecule has 0 amide bonds. The maximum absolute atomic E-state index is 2.54. The molecule has 1 unspecified atom stereocenters. The Morgan fingerprint density at radius 3 is 1.65 bits per heavy atom. The molecule has 0 aromatic heterocycles. The van der Waals surface area contributed by atoms with E-state index in [1.165, 1.54) is 24.8 Å². The third-order valence-electron chi connectivity index (χ3n) is 5.45. The van der Waals surface area contributed by atoms with E-state index < -0.39 is 0 Å². The molecule has 146 valence electrons. The van der Waals surface area contributed by atoms with Gasteiger partial charge in [0.05, 0.1) is 0 Å². The van der Waals surface area contributed by atoms with Gasteiger partial charge in [-0.15, -0.1) is 0 Å². The standard InChI is InChI=1S/C25H40Se/c1-17-11-13-19(14-12-17)26-22-20(24(5,6)7)15-18(23(2,3)4)16-21(22)25(8,9)10/h11,15-16,19H,12-14H2,1-10H3. The Morgan fingerprint density at radius 2 is 1.31 bits per heavy atom. The Bertz CT molecular complexity index is 637. The Labute approximate surface area is 169 Å². The van der Waals surface area contributed by atoms with Crippen molar-refractivity contribution in [3.05, 3.63) is 40.5 Å². The number of rotatable bonds is 2. The first kappa shape index (κ1) is 21.8. The summed E-state index contributed by atoms with van der Waals surface area (Å²) in [6, 6.07) is 5.08. The molecule has 0 aliphatic heterocycles. The molecule has 1 aromatic carbocycles. The van der Waals surface area contributed by atoms with Crippen molar-refractivity contribution in [2.75, 3.05) is 0 Å². The predicted octanol–water partition coefficient (Wildman–Crippen LogP) is 6.83. The van der Waals surface area contributed by atoms with Crippen LogP contribution in [0.5, 0.6) is 0 Å². The van der Waals surface area contributed by atoms with Crippen LogP contribution < -0.4 is 4.46 Å². The van der Waals surface area contributed by atoms with Crippen LogP contribution in [0.1, 0.15) is 105 Å². The van der Waals surface area contributed by atoms with Crippen molar-refractivity contribution in [2.24, 2.45) is 0 Å². The molecule has 0 spiro atoms. The summed E-state index contributed by atoms with van der Waals surface area (Å²) in [5.41, 5.74) is 6.86. The van der Waals surface area contributed by atoms with Crippen LogP contribution in [0.2, 0.25) is 4.82 Å². The van der Waals surface area contributed by atoms with Gasteiger partial charge in [0.1, 0.15) is 0 Å². The third-order valence-corrected chi connectivity index (χ3v) is 8.46. The van der Waals surface area contributed by atoms with Crippen molar-refractivity contribution in [3.8, 4) is 0 Å². The maximum atomic E-state index is 2.54. The monoisotopic (exact) mass is 420 g/mol. The molecule has 1 aliphatic carbocycles. The van der Waals surface area contributed by atoms with Crippen LogP contribution in [0.15, 0.2) is 23.8 Å². The molecule has 0 bridgehead atoms. The first-order chi connectivity index (χ1) is 11.7.